The van der Waals surface area contributed by atoms with Gasteiger partial charge in [0.15, 0.2) is 0 Å². The van der Waals surface area contributed by atoms with Crippen molar-refractivity contribution in [2.24, 2.45) is 0 Å². The Labute approximate surface area is 179 Å². The van der Waals surface area contributed by atoms with Crippen LogP contribution in [0.25, 0.3) is 11.1 Å². The molecule has 0 fully saturated rings. The normalized spacial score (nSPS) is 9.07. The van der Waals surface area contributed by atoms with Gasteiger partial charge in [0.25, 0.3) is 0 Å². The molecule has 0 atom stereocenters. The smallest absolute Gasteiger partial charge is 0.115 e. The van der Waals surface area contributed by atoms with E-state index in [9.17, 15) is 5.11 Å². The summed E-state index contributed by atoms with van der Waals surface area (Å²) in [5, 5.41) is 9.34. The van der Waals surface area contributed by atoms with Gasteiger partial charge in [-0.05, 0) is 52.8 Å². The number of aryl methyl sites for hydroxylation is 1. The minimum Gasteiger partial charge on any atom is -0.508 e. The Bertz CT molecular complexity index is 738. The van der Waals surface area contributed by atoms with Gasteiger partial charge in [0.2, 0.25) is 0 Å². The highest BCUT2D eigenvalue weighted by Crippen LogP contribution is 2.22. The zero-order chi connectivity index (χ0) is 22.1. The molecule has 0 aromatic heterocycles. The summed E-state index contributed by atoms with van der Waals surface area (Å²) in [4.78, 5) is 0. The van der Waals surface area contributed by atoms with Crippen molar-refractivity contribution in [3.05, 3.63) is 89.5 Å². The van der Waals surface area contributed by atoms with Gasteiger partial charge in [-0.25, -0.2) is 0 Å². The van der Waals surface area contributed by atoms with Crippen molar-refractivity contribution in [1.82, 2.24) is 0 Å². The molecule has 0 aliphatic heterocycles. The van der Waals surface area contributed by atoms with E-state index in [2.05, 4.69) is 55.5 Å². The third-order valence-corrected chi connectivity index (χ3v) is 4.12. The summed E-state index contributed by atoms with van der Waals surface area (Å²) in [6.45, 7) is 14.2. The Kier molecular flexibility index (Phi) is 15.0. The fourth-order valence-electron chi connectivity index (χ4n) is 2.82. The summed E-state index contributed by atoms with van der Waals surface area (Å²) in [5.41, 5.74) is 6.41. The standard InChI is InChI=1S/C22H22O.3C2H6/c1-2-3-17-4-10-20(11-5-17)21-12-6-18(7-13-21)16-19-8-14-22(23)15-9-19;3*1-2/h4-15,23H,2-3,16H2,1H3;3*1-2H3. The van der Waals surface area contributed by atoms with Crippen LogP contribution in [0.4, 0.5) is 0 Å². The maximum absolute atomic E-state index is 9.34. The van der Waals surface area contributed by atoms with Crippen LogP contribution in [0, 0.1) is 0 Å². The summed E-state index contributed by atoms with van der Waals surface area (Å²) in [6, 6.07) is 25.0. The maximum Gasteiger partial charge on any atom is 0.115 e. The Hall–Kier alpha value is -2.54. The van der Waals surface area contributed by atoms with Crippen LogP contribution in [-0.4, -0.2) is 5.11 Å². The summed E-state index contributed by atoms with van der Waals surface area (Å²) < 4.78 is 0. The number of hydrogen-bond donors (Lipinski definition) is 1. The molecule has 0 heterocycles. The molecule has 0 saturated heterocycles. The molecule has 158 valence electrons. The molecule has 29 heavy (non-hydrogen) atoms. The zero-order valence-electron chi connectivity index (χ0n) is 19.5. The first-order valence-corrected chi connectivity index (χ1v) is 11.2. The molecule has 0 amide bonds. The predicted molar refractivity (Wildman–Crippen MR) is 131 cm³/mol. The molecule has 3 rings (SSSR count). The molecule has 3 aromatic carbocycles. The van der Waals surface area contributed by atoms with E-state index in [1.165, 1.54) is 34.2 Å². The summed E-state index contributed by atoms with van der Waals surface area (Å²) >= 11 is 0. The summed E-state index contributed by atoms with van der Waals surface area (Å²) in [7, 11) is 0. The summed E-state index contributed by atoms with van der Waals surface area (Å²) in [5.74, 6) is 0.315. The van der Waals surface area contributed by atoms with Gasteiger partial charge in [-0.3, -0.25) is 0 Å². The van der Waals surface area contributed by atoms with Crippen molar-refractivity contribution in [2.75, 3.05) is 0 Å². The molecule has 0 aliphatic carbocycles. The van der Waals surface area contributed by atoms with E-state index in [1.807, 2.05) is 53.7 Å². The molecule has 0 aliphatic rings. The zero-order valence-corrected chi connectivity index (χ0v) is 19.5. The lowest BCUT2D eigenvalue weighted by Gasteiger charge is -2.06. The molecule has 0 unspecified atom stereocenters. The van der Waals surface area contributed by atoms with E-state index in [0.29, 0.717) is 5.75 Å². The molecule has 0 spiro atoms. The van der Waals surface area contributed by atoms with Gasteiger partial charge in [-0.15, -0.1) is 0 Å². The van der Waals surface area contributed by atoms with Crippen LogP contribution in [0.1, 0.15) is 71.6 Å². The van der Waals surface area contributed by atoms with Crippen LogP contribution < -0.4 is 0 Å². The lowest BCUT2D eigenvalue weighted by molar-refractivity contribution is 0.475. The first-order chi connectivity index (χ1) is 14.2. The van der Waals surface area contributed by atoms with Crippen LogP contribution in [-0.2, 0) is 12.8 Å². The fraction of sp³-hybridized carbons (Fsp3) is 0.357. The number of hydrogen-bond acceptors (Lipinski definition) is 1. The van der Waals surface area contributed by atoms with Gasteiger partial charge in [-0.1, -0.05) is 116 Å². The molecular weight excluding hydrogens is 352 g/mol. The number of aromatic hydroxyl groups is 1. The molecule has 1 N–H and O–H groups in total. The van der Waals surface area contributed by atoms with E-state index in [-0.39, 0.29) is 0 Å². The lowest BCUT2D eigenvalue weighted by Crippen LogP contribution is -1.88. The number of rotatable bonds is 5. The minimum absolute atomic E-state index is 0.315. The quantitative estimate of drug-likeness (QED) is 0.460. The van der Waals surface area contributed by atoms with Gasteiger partial charge in [0.1, 0.15) is 5.75 Å². The topological polar surface area (TPSA) is 20.2 Å². The van der Waals surface area contributed by atoms with Gasteiger partial charge in [0.05, 0.1) is 0 Å². The highest BCUT2D eigenvalue weighted by Gasteiger charge is 2.01. The fourth-order valence-corrected chi connectivity index (χ4v) is 2.82. The molecule has 0 saturated carbocycles. The third-order valence-electron chi connectivity index (χ3n) is 4.12. The Morgan fingerprint density at radius 3 is 1.24 bits per heavy atom. The van der Waals surface area contributed by atoms with E-state index >= 15 is 0 Å². The maximum atomic E-state index is 9.34. The van der Waals surface area contributed by atoms with E-state index in [0.717, 1.165) is 12.8 Å². The highest BCUT2D eigenvalue weighted by molar-refractivity contribution is 5.64. The van der Waals surface area contributed by atoms with Crippen molar-refractivity contribution in [3.63, 3.8) is 0 Å². The van der Waals surface area contributed by atoms with Crippen molar-refractivity contribution in [2.45, 2.75) is 67.7 Å². The van der Waals surface area contributed by atoms with Crippen molar-refractivity contribution in [3.8, 4) is 16.9 Å². The molecule has 0 radical (unpaired) electrons. The predicted octanol–water partition coefficient (Wildman–Crippen LogP) is 8.68. The second-order valence-corrected chi connectivity index (χ2v) is 5.99. The van der Waals surface area contributed by atoms with Crippen molar-refractivity contribution in [1.29, 1.82) is 0 Å². The van der Waals surface area contributed by atoms with Crippen LogP contribution in [0.2, 0.25) is 0 Å². The molecular formula is C28H40O. The monoisotopic (exact) mass is 392 g/mol. The molecule has 3 aromatic rings. The first kappa shape index (κ1) is 26.5. The van der Waals surface area contributed by atoms with Crippen LogP contribution in [0.5, 0.6) is 5.75 Å². The third kappa shape index (κ3) is 9.47. The minimum atomic E-state index is 0.315. The SMILES string of the molecule is CC.CC.CC.CCCc1ccc(-c2ccc(Cc3ccc(O)cc3)cc2)cc1. The molecule has 0 bridgehead atoms. The lowest BCUT2D eigenvalue weighted by atomic mass is 9.99. The van der Waals surface area contributed by atoms with Gasteiger partial charge >= 0.3 is 0 Å². The van der Waals surface area contributed by atoms with Crippen LogP contribution in [0.3, 0.4) is 0 Å². The molecule has 1 heteroatoms. The van der Waals surface area contributed by atoms with E-state index in [1.54, 1.807) is 12.1 Å². The Balaban J connectivity index is 0.00000120. The first-order valence-electron chi connectivity index (χ1n) is 11.2. The van der Waals surface area contributed by atoms with Gasteiger partial charge in [0, 0.05) is 0 Å². The second-order valence-electron chi connectivity index (χ2n) is 5.99. The van der Waals surface area contributed by atoms with E-state index < -0.39 is 0 Å². The van der Waals surface area contributed by atoms with Gasteiger partial charge in [-0.2, -0.15) is 0 Å². The van der Waals surface area contributed by atoms with Crippen molar-refractivity contribution < 1.29 is 5.11 Å². The second kappa shape index (κ2) is 16.4. The highest BCUT2D eigenvalue weighted by atomic mass is 16.3. The Morgan fingerprint density at radius 1 is 0.517 bits per heavy atom. The van der Waals surface area contributed by atoms with Crippen LogP contribution in [0.15, 0.2) is 72.8 Å². The number of phenolic OH excluding ortho intramolecular Hbond substituents is 1. The largest absolute Gasteiger partial charge is 0.508 e. The number of phenols is 1. The molecule has 1 nitrogen and oxygen atoms in total. The average Bonchev–Trinajstić information content (AvgIpc) is 2.81. The van der Waals surface area contributed by atoms with Crippen molar-refractivity contribution >= 4 is 0 Å². The van der Waals surface area contributed by atoms with Crippen LogP contribution >= 0.6 is 0 Å². The van der Waals surface area contributed by atoms with E-state index in [4.69, 9.17) is 0 Å². The van der Waals surface area contributed by atoms with Gasteiger partial charge < -0.3 is 5.11 Å². The average molecular weight is 393 g/mol. The summed E-state index contributed by atoms with van der Waals surface area (Å²) in [6.07, 6.45) is 3.22. The number of benzene rings is 3. The Morgan fingerprint density at radius 2 is 0.862 bits per heavy atom.